The van der Waals surface area contributed by atoms with E-state index < -0.39 is 0 Å². The third-order valence-corrected chi connectivity index (χ3v) is 3.73. The molecule has 1 saturated heterocycles. The van der Waals surface area contributed by atoms with Crippen LogP contribution in [-0.4, -0.2) is 18.1 Å². The first-order valence-corrected chi connectivity index (χ1v) is 6.62. The fourth-order valence-electron chi connectivity index (χ4n) is 2.87. The van der Waals surface area contributed by atoms with Crippen molar-refractivity contribution < 1.29 is 0 Å². The summed E-state index contributed by atoms with van der Waals surface area (Å²) in [5.41, 5.74) is 2.57. The molecular weight excluding hydrogens is 220 g/mol. The van der Waals surface area contributed by atoms with Crippen LogP contribution in [0.1, 0.15) is 23.6 Å². The molecule has 1 aromatic carbocycles. The summed E-state index contributed by atoms with van der Waals surface area (Å²) in [7, 11) is 0. The Bertz CT molecular complexity index is 435. The Morgan fingerprint density at radius 1 is 1.06 bits per heavy atom. The molecule has 0 aliphatic carbocycles. The number of hydrogen-bond acceptors (Lipinski definition) is 2. The van der Waals surface area contributed by atoms with E-state index in [0.717, 1.165) is 13.1 Å². The molecule has 2 heteroatoms. The molecule has 18 heavy (non-hydrogen) atoms. The van der Waals surface area contributed by atoms with Gasteiger partial charge in [-0.05, 0) is 43.1 Å². The predicted molar refractivity (Wildman–Crippen MR) is 73.5 cm³/mol. The second-order valence-electron chi connectivity index (χ2n) is 4.90. The average molecular weight is 238 g/mol. The molecule has 0 spiro atoms. The minimum atomic E-state index is 0.419. The lowest BCUT2D eigenvalue weighted by Gasteiger charge is -2.23. The van der Waals surface area contributed by atoms with Gasteiger partial charge < -0.3 is 5.32 Å². The van der Waals surface area contributed by atoms with Gasteiger partial charge in [-0.3, -0.25) is 4.98 Å². The highest BCUT2D eigenvalue weighted by molar-refractivity contribution is 5.29. The molecule has 0 saturated carbocycles. The molecule has 0 radical (unpaired) electrons. The second-order valence-corrected chi connectivity index (χ2v) is 4.90. The first-order chi connectivity index (χ1) is 8.95. The average Bonchev–Trinajstić information content (AvgIpc) is 2.95. The normalized spacial score (nSPS) is 20.8. The zero-order valence-electron chi connectivity index (χ0n) is 10.4. The summed E-state index contributed by atoms with van der Waals surface area (Å²) in [6.45, 7) is 2.22. The van der Waals surface area contributed by atoms with E-state index in [1.165, 1.54) is 17.7 Å². The molecule has 0 amide bonds. The zero-order chi connectivity index (χ0) is 12.2. The van der Waals surface area contributed by atoms with Crippen molar-refractivity contribution in [1.82, 2.24) is 10.3 Å². The Morgan fingerprint density at radius 3 is 2.56 bits per heavy atom. The van der Waals surface area contributed by atoms with Gasteiger partial charge in [0.1, 0.15) is 0 Å². The number of hydrogen-bond donors (Lipinski definition) is 1. The molecule has 2 atom stereocenters. The smallest absolute Gasteiger partial charge is 0.0481 e. The summed E-state index contributed by atoms with van der Waals surface area (Å²) < 4.78 is 0. The van der Waals surface area contributed by atoms with E-state index >= 15 is 0 Å². The standard InChI is InChI=1S/C16H18N2/c1-2-6-13(7-3-1)16(14-9-11-17-12-14)15-8-4-5-10-18-15/h1-8,10,14,16-17H,9,11-12H2/t14?,16-/m0/s1. The molecule has 1 N–H and O–H groups in total. The molecule has 1 unspecified atom stereocenters. The van der Waals surface area contributed by atoms with E-state index in [1.807, 2.05) is 12.3 Å². The minimum absolute atomic E-state index is 0.419. The Labute approximate surface area is 108 Å². The Morgan fingerprint density at radius 2 is 1.89 bits per heavy atom. The first kappa shape index (κ1) is 11.4. The summed E-state index contributed by atoms with van der Waals surface area (Å²) in [4.78, 5) is 4.57. The third-order valence-electron chi connectivity index (χ3n) is 3.73. The maximum atomic E-state index is 4.57. The van der Waals surface area contributed by atoms with Crippen LogP contribution >= 0.6 is 0 Å². The molecule has 2 aromatic rings. The maximum absolute atomic E-state index is 4.57. The van der Waals surface area contributed by atoms with Crippen LogP contribution < -0.4 is 5.32 Å². The predicted octanol–water partition coefficient (Wildman–Crippen LogP) is 2.82. The molecule has 0 bridgehead atoms. The van der Waals surface area contributed by atoms with E-state index in [0.29, 0.717) is 11.8 Å². The highest BCUT2D eigenvalue weighted by Gasteiger charge is 2.28. The highest BCUT2D eigenvalue weighted by atomic mass is 14.9. The van der Waals surface area contributed by atoms with E-state index in [9.17, 15) is 0 Å². The molecule has 1 aromatic heterocycles. The summed E-state index contributed by atoms with van der Waals surface area (Å²) in [6, 6.07) is 17.0. The van der Waals surface area contributed by atoms with Gasteiger partial charge in [-0.25, -0.2) is 0 Å². The molecule has 92 valence electrons. The van der Waals surface area contributed by atoms with Gasteiger partial charge in [-0.1, -0.05) is 36.4 Å². The lowest BCUT2D eigenvalue weighted by atomic mass is 9.83. The summed E-state index contributed by atoms with van der Waals surface area (Å²) >= 11 is 0. The lowest BCUT2D eigenvalue weighted by Crippen LogP contribution is -2.18. The first-order valence-electron chi connectivity index (χ1n) is 6.62. The monoisotopic (exact) mass is 238 g/mol. The summed E-state index contributed by atoms with van der Waals surface area (Å²) in [5.74, 6) is 1.07. The summed E-state index contributed by atoms with van der Waals surface area (Å²) in [6.07, 6.45) is 3.13. The van der Waals surface area contributed by atoms with Gasteiger partial charge in [-0.15, -0.1) is 0 Å². The molecule has 1 aliphatic rings. The molecule has 1 fully saturated rings. The van der Waals surface area contributed by atoms with Crippen molar-refractivity contribution in [3.05, 3.63) is 66.0 Å². The number of aromatic nitrogens is 1. The molecule has 1 aliphatic heterocycles. The van der Waals surface area contributed by atoms with Gasteiger partial charge in [-0.2, -0.15) is 0 Å². The van der Waals surface area contributed by atoms with Gasteiger partial charge in [0.2, 0.25) is 0 Å². The van der Waals surface area contributed by atoms with Crippen LogP contribution in [0, 0.1) is 5.92 Å². The molecule has 2 heterocycles. The van der Waals surface area contributed by atoms with Crippen LogP contribution in [0.4, 0.5) is 0 Å². The van der Waals surface area contributed by atoms with Crippen LogP contribution in [0.3, 0.4) is 0 Å². The minimum Gasteiger partial charge on any atom is -0.316 e. The van der Waals surface area contributed by atoms with Crippen molar-refractivity contribution in [3.63, 3.8) is 0 Å². The topological polar surface area (TPSA) is 24.9 Å². The fraction of sp³-hybridized carbons (Fsp3) is 0.312. The Balaban J connectivity index is 1.98. The van der Waals surface area contributed by atoms with Crippen molar-refractivity contribution in [1.29, 1.82) is 0 Å². The van der Waals surface area contributed by atoms with Gasteiger partial charge in [0, 0.05) is 17.8 Å². The van der Waals surface area contributed by atoms with E-state index in [2.05, 4.69) is 52.8 Å². The fourth-order valence-corrected chi connectivity index (χ4v) is 2.87. The second kappa shape index (κ2) is 5.32. The molecular formula is C16H18N2. The van der Waals surface area contributed by atoms with Gasteiger partial charge in [0.15, 0.2) is 0 Å². The zero-order valence-corrected chi connectivity index (χ0v) is 10.4. The number of nitrogens with one attached hydrogen (secondary N) is 1. The van der Waals surface area contributed by atoms with E-state index in [4.69, 9.17) is 0 Å². The molecule has 3 rings (SSSR count). The third kappa shape index (κ3) is 2.29. The van der Waals surface area contributed by atoms with Gasteiger partial charge in [0.05, 0.1) is 0 Å². The SMILES string of the molecule is c1ccc([C@H](c2ccccn2)C2CCNC2)cc1. The van der Waals surface area contributed by atoms with E-state index in [-0.39, 0.29) is 0 Å². The lowest BCUT2D eigenvalue weighted by molar-refractivity contribution is 0.503. The van der Waals surface area contributed by atoms with Crippen LogP contribution in [0.2, 0.25) is 0 Å². The van der Waals surface area contributed by atoms with E-state index in [1.54, 1.807) is 0 Å². The number of pyridine rings is 1. The highest BCUT2D eigenvalue weighted by Crippen LogP contribution is 2.33. The van der Waals surface area contributed by atoms with Gasteiger partial charge in [0.25, 0.3) is 0 Å². The Hall–Kier alpha value is -1.67. The van der Waals surface area contributed by atoms with Gasteiger partial charge >= 0.3 is 0 Å². The van der Waals surface area contributed by atoms with Crippen molar-refractivity contribution in [2.24, 2.45) is 5.92 Å². The van der Waals surface area contributed by atoms with Crippen molar-refractivity contribution in [2.45, 2.75) is 12.3 Å². The Kier molecular flexibility index (Phi) is 3.37. The maximum Gasteiger partial charge on any atom is 0.0481 e. The quantitative estimate of drug-likeness (QED) is 0.889. The van der Waals surface area contributed by atoms with Crippen LogP contribution in [-0.2, 0) is 0 Å². The van der Waals surface area contributed by atoms with Crippen LogP contribution in [0.5, 0.6) is 0 Å². The summed E-state index contributed by atoms with van der Waals surface area (Å²) in [5, 5.41) is 3.46. The van der Waals surface area contributed by atoms with Crippen molar-refractivity contribution in [3.8, 4) is 0 Å². The molecule has 2 nitrogen and oxygen atoms in total. The van der Waals surface area contributed by atoms with Crippen molar-refractivity contribution >= 4 is 0 Å². The van der Waals surface area contributed by atoms with Crippen LogP contribution in [0.15, 0.2) is 54.7 Å². The van der Waals surface area contributed by atoms with Crippen LogP contribution in [0.25, 0.3) is 0 Å². The number of nitrogens with zero attached hydrogens (tertiary/aromatic N) is 1. The van der Waals surface area contributed by atoms with Crippen molar-refractivity contribution in [2.75, 3.05) is 13.1 Å². The largest absolute Gasteiger partial charge is 0.316 e. The number of rotatable bonds is 3. The number of benzene rings is 1.